The molecule has 0 aromatic heterocycles. The third kappa shape index (κ3) is 5.83. The summed E-state index contributed by atoms with van der Waals surface area (Å²) in [6, 6.07) is 4.78. The van der Waals surface area contributed by atoms with E-state index in [9.17, 15) is 34.5 Å². The monoisotopic (exact) mass is 519 g/mol. The molecule has 2 saturated heterocycles. The number of carbonyl (C=O) groups is 4. The number of nitrogens with zero attached hydrogens (tertiary/aromatic N) is 1. The Hall–Kier alpha value is -0.890. The van der Waals surface area contributed by atoms with Gasteiger partial charge in [-0.05, 0) is 31.0 Å². The third-order valence-electron chi connectivity index (χ3n) is 6.37. The summed E-state index contributed by atoms with van der Waals surface area (Å²) in [5.74, 6) is -4.46. The largest absolute Gasteiger partial charge is 1.00 e. The van der Waals surface area contributed by atoms with E-state index in [-0.39, 0.29) is 87.5 Å². The van der Waals surface area contributed by atoms with Gasteiger partial charge in [0.1, 0.15) is 0 Å². The molecule has 3 N–H and O–H groups in total. The maximum Gasteiger partial charge on any atom is 1.00 e. The van der Waals surface area contributed by atoms with E-state index in [4.69, 9.17) is 0 Å². The number of rotatable bonds is 7. The molecule has 4 rings (SSSR count). The van der Waals surface area contributed by atoms with E-state index < -0.39 is 42.0 Å². The van der Waals surface area contributed by atoms with Crippen LogP contribution in [0.2, 0.25) is 0 Å². The van der Waals surface area contributed by atoms with Gasteiger partial charge in [-0.25, -0.2) is 0 Å². The Morgan fingerprint density at radius 3 is 2.51 bits per heavy atom. The summed E-state index contributed by atoms with van der Waals surface area (Å²) in [6.45, 7) is 3.79. The fourth-order valence-corrected chi connectivity index (χ4v) is 6.27. The summed E-state index contributed by atoms with van der Waals surface area (Å²) in [6.07, 6.45) is -0.476. The zero-order valence-corrected chi connectivity index (χ0v) is 24.8. The average molecular weight is 519 g/mol. The van der Waals surface area contributed by atoms with E-state index in [1.54, 1.807) is 6.07 Å². The van der Waals surface area contributed by atoms with E-state index in [2.05, 4.69) is 10.6 Å². The van der Waals surface area contributed by atoms with Crippen LogP contribution in [0.3, 0.4) is 0 Å². The van der Waals surface area contributed by atoms with Crippen LogP contribution in [0.4, 0.5) is 5.69 Å². The van der Waals surface area contributed by atoms with Crippen LogP contribution in [-0.4, -0.2) is 63.7 Å². The summed E-state index contributed by atoms with van der Waals surface area (Å²) in [4.78, 5) is 49.7. The molecule has 3 heterocycles. The van der Waals surface area contributed by atoms with Crippen molar-refractivity contribution in [3.8, 4) is 0 Å². The van der Waals surface area contributed by atoms with Crippen LogP contribution in [-0.2, 0) is 14.4 Å². The molecule has 0 spiro atoms. The number of aliphatic carboxylic acids is 1. The summed E-state index contributed by atoms with van der Waals surface area (Å²) in [7, 11) is 0. The van der Waals surface area contributed by atoms with Crippen molar-refractivity contribution in [3.63, 3.8) is 0 Å². The van der Waals surface area contributed by atoms with Gasteiger partial charge in [0.2, 0.25) is 11.8 Å². The topological polar surface area (TPSA) is 162 Å². The van der Waals surface area contributed by atoms with E-state index >= 15 is 0 Å². The van der Waals surface area contributed by atoms with Gasteiger partial charge >= 0.3 is 59.1 Å². The molecule has 35 heavy (non-hydrogen) atoms. The minimum atomic E-state index is -1.43. The Morgan fingerprint density at radius 2 is 1.91 bits per heavy atom. The molecule has 0 unspecified atom stereocenters. The SMILES string of the molecule is C[C@@H](O)[C@H]1C(=O)N2C(C(=O)[O-])=C(S[C@@H]3CN[C@H](C(=O)Nc4cccc(C(=O)[O-])c4)C3)[C@H](C)[C@@H]12.[Na+].[Na+]. The molecule has 0 aliphatic carbocycles. The predicted octanol–water partition coefficient (Wildman–Crippen LogP) is -7.72. The predicted molar refractivity (Wildman–Crippen MR) is 114 cm³/mol. The maximum atomic E-state index is 12.6. The molecule has 0 saturated carbocycles. The smallest absolute Gasteiger partial charge is 0.545 e. The van der Waals surface area contributed by atoms with Gasteiger partial charge in [0.25, 0.3) is 0 Å². The van der Waals surface area contributed by atoms with Crippen LogP contribution >= 0.6 is 11.8 Å². The van der Waals surface area contributed by atoms with Crippen molar-refractivity contribution in [2.24, 2.45) is 11.8 Å². The van der Waals surface area contributed by atoms with Crippen molar-refractivity contribution in [3.05, 3.63) is 40.4 Å². The van der Waals surface area contributed by atoms with Gasteiger partial charge in [0.05, 0.1) is 41.7 Å². The maximum absolute atomic E-state index is 12.6. The van der Waals surface area contributed by atoms with Crippen LogP contribution in [0.15, 0.2) is 34.9 Å². The fourth-order valence-electron chi connectivity index (χ4n) is 4.79. The number of fused-ring (bicyclic) bond motifs is 1. The normalized spacial score (nSPS) is 27.8. The van der Waals surface area contributed by atoms with Gasteiger partial charge in [-0.3, -0.25) is 9.59 Å². The second-order valence-electron chi connectivity index (χ2n) is 8.55. The molecule has 10 nitrogen and oxygen atoms in total. The molecule has 1 aromatic rings. The first kappa shape index (κ1) is 30.3. The number of benzene rings is 1. The minimum Gasteiger partial charge on any atom is -0.545 e. The molecular weight excluding hydrogens is 496 g/mol. The Labute approximate surface area is 250 Å². The molecule has 13 heteroatoms. The number of aromatic carboxylic acids is 1. The second-order valence-corrected chi connectivity index (χ2v) is 9.89. The van der Waals surface area contributed by atoms with Gasteiger partial charge in [-0.1, -0.05) is 19.1 Å². The number of carboxylic acids is 2. The van der Waals surface area contributed by atoms with Crippen LogP contribution in [0, 0.1) is 11.8 Å². The molecule has 0 bridgehead atoms. The summed E-state index contributed by atoms with van der Waals surface area (Å²) in [5, 5.41) is 38.4. The van der Waals surface area contributed by atoms with Gasteiger partial charge in [0.15, 0.2) is 0 Å². The van der Waals surface area contributed by atoms with Crippen LogP contribution in [0.25, 0.3) is 0 Å². The van der Waals surface area contributed by atoms with Crippen molar-refractivity contribution >= 4 is 41.2 Å². The van der Waals surface area contributed by atoms with E-state index in [1.165, 1.54) is 41.8 Å². The molecule has 1 aromatic carbocycles. The standard InChI is InChI=1S/C22H25N3O7S.2Na/c1-9-16-15(10(2)26)20(28)25(16)17(22(31)32)18(9)33-13-7-14(23-8-13)19(27)24-12-5-3-4-11(6-12)21(29)30;;/h3-6,9-10,13-16,23,26H,7-8H2,1-2H3,(H,24,27)(H,29,30)(H,31,32);;/q;2*+1/p-2/t9-,10-,13+,14+,15-,16+;;/m1../s1. The van der Waals surface area contributed by atoms with Crippen LogP contribution < -0.4 is 80.0 Å². The number of anilines is 1. The Morgan fingerprint density at radius 1 is 1.23 bits per heavy atom. The quantitative estimate of drug-likeness (QED) is 0.235. The van der Waals surface area contributed by atoms with Gasteiger partial charge in [-0.15, -0.1) is 11.8 Å². The van der Waals surface area contributed by atoms with E-state index in [1.807, 2.05) is 6.92 Å². The van der Waals surface area contributed by atoms with Crippen molar-refractivity contribution in [1.29, 1.82) is 0 Å². The van der Waals surface area contributed by atoms with E-state index in [0.29, 0.717) is 23.6 Å². The van der Waals surface area contributed by atoms with E-state index in [0.717, 1.165) is 0 Å². The first-order chi connectivity index (χ1) is 15.6. The number of carboxylic acid groups (broad SMARTS) is 2. The van der Waals surface area contributed by atoms with Crippen molar-refractivity contribution in [2.45, 2.75) is 43.7 Å². The Kier molecular flexibility index (Phi) is 10.5. The summed E-state index contributed by atoms with van der Waals surface area (Å²) >= 11 is 1.31. The number of carbonyl (C=O) groups excluding carboxylic acids is 4. The number of amides is 2. The van der Waals surface area contributed by atoms with Crippen molar-refractivity contribution in [1.82, 2.24) is 10.2 Å². The summed E-state index contributed by atoms with van der Waals surface area (Å²) in [5.41, 5.74) is 0.136. The summed E-state index contributed by atoms with van der Waals surface area (Å²) < 4.78 is 0. The molecule has 0 radical (unpaired) electrons. The first-order valence-corrected chi connectivity index (χ1v) is 11.5. The number of hydrogen-bond donors (Lipinski definition) is 3. The minimum absolute atomic E-state index is 0. The molecule has 3 aliphatic heterocycles. The first-order valence-electron chi connectivity index (χ1n) is 10.6. The number of aliphatic hydroxyl groups excluding tert-OH is 1. The third-order valence-corrected chi connectivity index (χ3v) is 7.88. The molecular formula is C22H23N3Na2O7S. The fraction of sp³-hybridized carbons (Fsp3) is 0.455. The molecule has 6 atom stereocenters. The number of hydrogen-bond acceptors (Lipinski definition) is 9. The zero-order valence-electron chi connectivity index (χ0n) is 19.9. The van der Waals surface area contributed by atoms with Gasteiger partial charge in [-0.2, -0.15) is 0 Å². The zero-order chi connectivity index (χ0) is 24.0. The average Bonchev–Trinajstić information content (AvgIpc) is 3.30. The van der Waals surface area contributed by atoms with Crippen molar-refractivity contribution in [2.75, 3.05) is 11.9 Å². The number of nitrogens with one attached hydrogen (secondary N) is 2. The number of thioether (sulfide) groups is 1. The van der Waals surface area contributed by atoms with Crippen LogP contribution in [0.5, 0.6) is 0 Å². The van der Waals surface area contributed by atoms with Crippen LogP contribution in [0.1, 0.15) is 30.6 Å². The molecule has 3 aliphatic rings. The second kappa shape index (κ2) is 12.1. The van der Waals surface area contributed by atoms with Gasteiger partial charge in [0, 0.05) is 28.3 Å². The number of β-lactam (4-membered cyclic amide) rings is 1. The number of aliphatic hydroxyl groups is 1. The Balaban J connectivity index is 0.00000216. The van der Waals surface area contributed by atoms with Crippen molar-refractivity contribution < 1.29 is 93.6 Å². The van der Waals surface area contributed by atoms with Gasteiger partial charge < -0.3 is 40.4 Å². The Bertz CT molecular complexity index is 1070. The molecule has 2 fully saturated rings. The molecule has 176 valence electrons. The molecule has 2 amide bonds.